The lowest BCUT2D eigenvalue weighted by Gasteiger charge is -2.04. The average Bonchev–Trinajstić information content (AvgIpc) is 2.87. The van der Waals surface area contributed by atoms with Crippen molar-refractivity contribution in [1.29, 1.82) is 0 Å². The normalized spacial score (nSPS) is 10.8. The van der Waals surface area contributed by atoms with Gasteiger partial charge in [0.05, 0.1) is 11.6 Å². The predicted octanol–water partition coefficient (Wildman–Crippen LogP) is 4.26. The van der Waals surface area contributed by atoms with Crippen molar-refractivity contribution in [3.63, 3.8) is 0 Å². The highest BCUT2D eigenvalue weighted by molar-refractivity contribution is 6.35. The summed E-state index contributed by atoms with van der Waals surface area (Å²) < 4.78 is 5.57. The molecular formula is C17H14ClNO3. The van der Waals surface area contributed by atoms with Crippen LogP contribution in [-0.4, -0.2) is 5.91 Å². The van der Waals surface area contributed by atoms with Crippen LogP contribution in [0.2, 0.25) is 5.02 Å². The van der Waals surface area contributed by atoms with Crippen molar-refractivity contribution < 1.29 is 14.0 Å². The van der Waals surface area contributed by atoms with Crippen molar-refractivity contribution in [3.8, 4) is 0 Å². The number of amides is 1. The Kier molecular flexibility index (Phi) is 4.13. The third-order valence-electron chi connectivity index (χ3n) is 3.37. The lowest BCUT2D eigenvalue weighted by Crippen LogP contribution is -2.23. The number of halogens is 1. The van der Waals surface area contributed by atoms with E-state index < -0.39 is 5.91 Å². The molecule has 1 aromatic heterocycles. The number of para-hydroxylation sites is 1. The van der Waals surface area contributed by atoms with E-state index in [0.717, 1.165) is 16.5 Å². The van der Waals surface area contributed by atoms with Gasteiger partial charge in [-0.05, 0) is 18.6 Å². The van der Waals surface area contributed by atoms with Gasteiger partial charge in [0.25, 0.3) is 0 Å². The molecule has 2 aromatic carbocycles. The lowest BCUT2D eigenvalue weighted by atomic mass is 10.1. The number of carbonyl (C=O) groups excluding carboxylic acids is 1. The van der Waals surface area contributed by atoms with E-state index in [-0.39, 0.29) is 12.4 Å². The number of rotatable bonds is 4. The van der Waals surface area contributed by atoms with Crippen molar-refractivity contribution in [3.05, 3.63) is 70.4 Å². The number of benzene rings is 2. The fourth-order valence-corrected chi connectivity index (χ4v) is 2.44. The minimum atomic E-state index is -0.430. The molecule has 112 valence electrons. The Morgan fingerprint density at radius 1 is 1.18 bits per heavy atom. The van der Waals surface area contributed by atoms with Gasteiger partial charge in [-0.2, -0.15) is 0 Å². The molecule has 3 rings (SSSR count). The van der Waals surface area contributed by atoms with Gasteiger partial charge >= 0.3 is 5.91 Å². The van der Waals surface area contributed by atoms with Crippen molar-refractivity contribution in [2.75, 3.05) is 0 Å². The van der Waals surface area contributed by atoms with Crippen LogP contribution >= 0.6 is 11.6 Å². The third-order valence-corrected chi connectivity index (χ3v) is 3.67. The molecule has 1 heterocycles. The molecule has 4 nitrogen and oxygen atoms in total. The molecule has 1 N–H and O–H groups in total. The highest BCUT2D eigenvalue weighted by Gasteiger charge is 2.19. The summed E-state index contributed by atoms with van der Waals surface area (Å²) in [7, 11) is 0. The summed E-state index contributed by atoms with van der Waals surface area (Å²) in [6.45, 7) is 2.10. The average molecular weight is 316 g/mol. The number of furan rings is 1. The largest absolute Gasteiger partial charge is 0.449 e. The molecule has 0 atom stereocenters. The van der Waals surface area contributed by atoms with Gasteiger partial charge < -0.3 is 4.42 Å². The quantitative estimate of drug-likeness (QED) is 0.732. The Bertz CT molecular complexity index is 811. The van der Waals surface area contributed by atoms with E-state index in [9.17, 15) is 4.79 Å². The molecule has 1 amide bonds. The van der Waals surface area contributed by atoms with Gasteiger partial charge in [-0.25, -0.2) is 5.48 Å². The van der Waals surface area contributed by atoms with E-state index >= 15 is 0 Å². The number of aryl methyl sites for hydroxylation is 1. The maximum absolute atomic E-state index is 12.2. The Morgan fingerprint density at radius 2 is 1.95 bits per heavy atom. The first-order valence-electron chi connectivity index (χ1n) is 6.80. The van der Waals surface area contributed by atoms with E-state index in [1.165, 1.54) is 0 Å². The molecule has 5 heteroatoms. The van der Waals surface area contributed by atoms with Crippen molar-refractivity contribution in [2.45, 2.75) is 13.5 Å². The molecule has 22 heavy (non-hydrogen) atoms. The van der Waals surface area contributed by atoms with Gasteiger partial charge in [-0.1, -0.05) is 54.1 Å². The number of carbonyl (C=O) groups is 1. The van der Waals surface area contributed by atoms with Crippen LogP contribution in [0, 0.1) is 6.92 Å². The second-order valence-corrected chi connectivity index (χ2v) is 5.29. The summed E-state index contributed by atoms with van der Waals surface area (Å²) in [6.07, 6.45) is 0. The molecule has 0 aliphatic carbocycles. The van der Waals surface area contributed by atoms with Crippen LogP contribution in [0.1, 0.15) is 21.7 Å². The Morgan fingerprint density at radius 3 is 2.68 bits per heavy atom. The van der Waals surface area contributed by atoms with Crippen LogP contribution in [0.5, 0.6) is 0 Å². The first-order chi connectivity index (χ1) is 10.7. The lowest BCUT2D eigenvalue weighted by molar-refractivity contribution is 0.0213. The topological polar surface area (TPSA) is 51.5 Å². The van der Waals surface area contributed by atoms with Crippen molar-refractivity contribution >= 4 is 28.5 Å². The minimum absolute atomic E-state index is 0.205. The smallest absolute Gasteiger partial charge is 0.310 e. The van der Waals surface area contributed by atoms with E-state index in [1.807, 2.05) is 49.4 Å². The molecule has 0 radical (unpaired) electrons. The molecule has 0 bridgehead atoms. The summed E-state index contributed by atoms with van der Waals surface area (Å²) in [6, 6.07) is 15.0. The van der Waals surface area contributed by atoms with Gasteiger partial charge in [0, 0.05) is 10.9 Å². The zero-order valence-electron chi connectivity index (χ0n) is 11.9. The molecule has 0 spiro atoms. The second kappa shape index (κ2) is 6.22. The zero-order valence-corrected chi connectivity index (χ0v) is 12.7. The van der Waals surface area contributed by atoms with Crippen LogP contribution < -0.4 is 5.48 Å². The zero-order chi connectivity index (χ0) is 15.5. The fraction of sp³-hybridized carbons (Fsp3) is 0.118. The number of fused-ring (bicyclic) bond motifs is 1. The molecule has 0 aliphatic heterocycles. The van der Waals surface area contributed by atoms with Crippen LogP contribution in [0.4, 0.5) is 0 Å². The molecule has 0 unspecified atom stereocenters. The van der Waals surface area contributed by atoms with Gasteiger partial charge in [-0.3, -0.25) is 9.63 Å². The summed E-state index contributed by atoms with van der Waals surface area (Å²) >= 11 is 6.07. The van der Waals surface area contributed by atoms with Crippen LogP contribution in [-0.2, 0) is 11.4 Å². The summed E-state index contributed by atoms with van der Waals surface area (Å²) in [5, 5.41) is 1.30. The van der Waals surface area contributed by atoms with Crippen molar-refractivity contribution in [1.82, 2.24) is 5.48 Å². The van der Waals surface area contributed by atoms with Gasteiger partial charge in [0.15, 0.2) is 11.3 Å². The fourth-order valence-electron chi connectivity index (χ4n) is 2.23. The Balaban J connectivity index is 1.73. The molecule has 3 aromatic rings. The maximum Gasteiger partial charge on any atom is 0.310 e. The Labute approximate surface area is 132 Å². The number of nitrogens with one attached hydrogen (secondary N) is 1. The molecule has 0 aliphatic rings. The van der Waals surface area contributed by atoms with Crippen LogP contribution in [0.3, 0.4) is 0 Å². The molecule has 0 fully saturated rings. The van der Waals surface area contributed by atoms with Crippen LogP contribution in [0.25, 0.3) is 11.0 Å². The number of hydroxylamine groups is 1. The standard InChI is InChI=1S/C17H14ClNO3/c1-11-13-8-5-9-14(18)16(13)22-15(11)17(20)19-21-10-12-6-3-2-4-7-12/h2-9H,10H2,1H3,(H,19,20). The van der Waals surface area contributed by atoms with E-state index in [1.54, 1.807) is 6.07 Å². The summed E-state index contributed by atoms with van der Waals surface area (Å²) in [5.41, 5.74) is 4.60. The molecule has 0 saturated carbocycles. The van der Waals surface area contributed by atoms with Crippen LogP contribution in [0.15, 0.2) is 52.9 Å². The minimum Gasteiger partial charge on any atom is -0.449 e. The van der Waals surface area contributed by atoms with E-state index in [4.69, 9.17) is 20.9 Å². The number of hydrogen-bond acceptors (Lipinski definition) is 3. The maximum atomic E-state index is 12.2. The first-order valence-corrected chi connectivity index (χ1v) is 7.18. The SMILES string of the molecule is Cc1c(C(=O)NOCc2ccccc2)oc2c(Cl)cccc12. The third kappa shape index (κ3) is 2.84. The summed E-state index contributed by atoms with van der Waals surface area (Å²) in [4.78, 5) is 17.4. The van der Waals surface area contributed by atoms with Crippen molar-refractivity contribution in [2.24, 2.45) is 0 Å². The number of hydrogen-bond donors (Lipinski definition) is 1. The monoisotopic (exact) mass is 315 g/mol. The van der Waals surface area contributed by atoms with Gasteiger partial charge in [0.1, 0.15) is 0 Å². The second-order valence-electron chi connectivity index (χ2n) is 4.88. The summed E-state index contributed by atoms with van der Waals surface area (Å²) in [5.74, 6) is -0.225. The first kappa shape index (κ1) is 14.6. The van der Waals surface area contributed by atoms with Gasteiger partial charge in [-0.15, -0.1) is 0 Å². The van der Waals surface area contributed by atoms with E-state index in [2.05, 4.69) is 5.48 Å². The van der Waals surface area contributed by atoms with Gasteiger partial charge in [0.2, 0.25) is 0 Å². The predicted molar refractivity (Wildman–Crippen MR) is 84.7 cm³/mol. The highest BCUT2D eigenvalue weighted by atomic mass is 35.5. The Hall–Kier alpha value is -2.30. The molecule has 0 saturated heterocycles. The highest BCUT2D eigenvalue weighted by Crippen LogP contribution is 2.30. The molecular weight excluding hydrogens is 302 g/mol. The van der Waals surface area contributed by atoms with E-state index in [0.29, 0.717) is 10.6 Å².